The molecular formula is C13H20. The van der Waals surface area contributed by atoms with E-state index in [4.69, 9.17) is 0 Å². The van der Waals surface area contributed by atoms with E-state index >= 15 is 0 Å². The first kappa shape index (κ1) is 9.13. The predicted molar refractivity (Wildman–Crippen MR) is 56.2 cm³/mol. The van der Waals surface area contributed by atoms with Crippen molar-refractivity contribution in [2.75, 3.05) is 0 Å². The molecule has 0 heterocycles. The minimum absolute atomic E-state index is 0.740. The second kappa shape index (κ2) is 4.18. The average Bonchev–Trinajstić information content (AvgIpc) is 2.18. The van der Waals surface area contributed by atoms with Crippen molar-refractivity contribution in [2.24, 2.45) is 17.8 Å². The Morgan fingerprint density at radius 2 is 1.69 bits per heavy atom. The molecule has 0 radical (unpaired) electrons. The summed E-state index contributed by atoms with van der Waals surface area (Å²) in [6, 6.07) is 0. The molecule has 13 heavy (non-hydrogen) atoms. The maximum absolute atomic E-state index is 3.37. The highest BCUT2D eigenvalue weighted by atomic mass is 14.4. The highest BCUT2D eigenvalue weighted by Gasteiger charge is 2.31. The van der Waals surface area contributed by atoms with Crippen LogP contribution in [0, 0.1) is 29.6 Å². The van der Waals surface area contributed by atoms with Gasteiger partial charge in [-0.05, 0) is 38.0 Å². The van der Waals surface area contributed by atoms with Crippen LogP contribution in [0.25, 0.3) is 0 Å². The molecule has 3 atom stereocenters. The molecule has 72 valence electrons. The molecule has 0 aromatic rings. The quantitative estimate of drug-likeness (QED) is 0.494. The zero-order valence-electron chi connectivity index (χ0n) is 8.68. The van der Waals surface area contributed by atoms with E-state index in [1.165, 1.54) is 44.9 Å². The van der Waals surface area contributed by atoms with Crippen molar-refractivity contribution in [1.29, 1.82) is 0 Å². The second-order valence-corrected chi connectivity index (χ2v) is 4.71. The van der Waals surface area contributed by atoms with Gasteiger partial charge in [0.05, 0.1) is 0 Å². The van der Waals surface area contributed by atoms with Crippen molar-refractivity contribution >= 4 is 0 Å². The van der Waals surface area contributed by atoms with Gasteiger partial charge in [-0.15, -0.1) is 11.8 Å². The zero-order valence-corrected chi connectivity index (χ0v) is 8.68. The summed E-state index contributed by atoms with van der Waals surface area (Å²) in [6.07, 6.45) is 10.2. The Kier molecular flexibility index (Phi) is 2.94. The molecule has 0 aliphatic heterocycles. The van der Waals surface area contributed by atoms with Crippen LogP contribution < -0.4 is 0 Å². The molecule has 0 spiro atoms. The predicted octanol–water partition coefficient (Wildman–Crippen LogP) is 3.62. The van der Waals surface area contributed by atoms with Gasteiger partial charge in [0.15, 0.2) is 0 Å². The van der Waals surface area contributed by atoms with Crippen LogP contribution in [0.1, 0.15) is 51.9 Å². The first-order valence-electron chi connectivity index (χ1n) is 5.82. The second-order valence-electron chi connectivity index (χ2n) is 4.71. The molecule has 0 nitrogen and oxygen atoms in total. The van der Waals surface area contributed by atoms with Crippen molar-refractivity contribution in [3.8, 4) is 11.8 Å². The smallest absolute Gasteiger partial charge is 0.0205 e. The van der Waals surface area contributed by atoms with E-state index in [9.17, 15) is 0 Å². The third kappa shape index (κ3) is 2.08. The van der Waals surface area contributed by atoms with Gasteiger partial charge in [0, 0.05) is 5.92 Å². The molecule has 0 amide bonds. The lowest BCUT2D eigenvalue weighted by Gasteiger charge is -2.37. The van der Waals surface area contributed by atoms with Crippen LogP contribution in [0.15, 0.2) is 0 Å². The Labute approximate surface area is 82.1 Å². The van der Waals surface area contributed by atoms with E-state index in [-0.39, 0.29) is 0 Å². The number of fused-ring (bicyclic) bond motifs is 1. The van der Waals surface area contributed by atoms with Gasteiger partial charge < -0.3 is 0 Å². The fraction of sp³-hybridized carbons (Fsp3) is 0.846. The van der Waals surface area contributed by atoms with E-state index < -0.39 is 0 Å². The van der Waals surface area contributed by atoms with E-state index in [2.05, 4.69) is 11.8 Å². The normalized spacial score (nSPS) is 38.7. The van der Waals surface area contributed by atoms with Gasteiger partial charge in [-0.25, -0.2) is 0 Å². The largest absolute Gasteiger partial charge is 0.106 e. The van der Waals surface area contributed by atoms with Crippen LogP contribution in [0.5, 0.6) is 0 Å². The van der Waals surface area contributed by atoms with Crippen LogP contribution in [-0.2, 0) is 0 Å². The van der Waals surface area contributed by atoms with Crippen molar-refractivity contribution in [3.05, 3.63) is 0 Å². The van der Waals surface area contributed by atoms with Crippen LogP contribution in [-0.4, -0.2) is 0 Å². The third-order valence-corrected chi connectivity index (χ3v) is 3.89. The van der Waals surface area contributed by atoms with Gasteiger partial charge in [-0.1, -0.05) is 25.7 Å². The summed E-state index contributed by atoms with van der Waals surface area (Å²) < 4.78 is 0. The molecule has 3 unspecified atom stereocenters. The highest BCUT2D eigenvalue weighted by molar-refractivity contribution is 5.03. The average molecular weight is 176 g/mol. The van der Waals surface area contributed by atoms with Crippen LogP contribution in [0.2, 0.25) is 0 Å². The Hall–Kier alpha value is -0.440. The van der Waals surface area contributed by atoms with Crippen molar-refractivity contribution < 1.29 is 0 Å². The van der Waals surface area contributed by atoms with E-state index in [1.54, 1.807) is 0 Å². The summed E-state index contributed by atoms with van der Waals surface area (Å²) >= 11 is 0. The molecule has 0 N–H and O–H groups in total. The zero-order chi connectivity index (χ0) is 9.10. The monoisotopic (exact) mass is 176 g/mol. The molecule has 2 aliphatic rings. The summed E-state index contributed by atoms with van der Waals surface area (Å²) in [6.45, 7) is 1.98. The van der Waals surface area contributed by atoms with Gasteiger partial charge in [0.25, 0.3) is 0 Å². The lowest BCUT2D eigenvalue weighted by molar-refractivity contribution is 0.150. The molecule has 2 fully saturated rings. The number of hydrogen-bond donors (Lipinski definition) is 0. The van der Waals surface area contributed by atoms with Gasteiger partial charge in [-0.2, -0.15) is 0 Å². The fourth-order valence-electron chi connectivity index (χ4n) is 3.21. The maximum Gasteiger partial charge on any atom is 0.0205 e. The molecule has 0 bridgehead atoms. The van der Waals surface area contributed by atoms with E-state index in [1.807, 2.05) is 6.92 Å². The summed E-state index contributed by atoms with van der Waals surface area (Å²) in [5.74, 6) is 9.30. The summed E-state index contributed by atoms with van der Waals surface area (Å²) in [5, 5.41) is 0. The van der Waals surface area contributed by atoms with Gasteiger partial charge in [-0.3, -0.25) is 0 Å². The molecule has 0 aromatic carbocycles. The Morgan fingerprint density at radius 3 is 2.46 bits per heavy atom. The molecular weight excluding hydrogens is 156 g/mol. The SMILES string of the molecule is CC#CC1CCC2CCCCC2C1. The molecule has 0 heteroatoms. The Bertz CT molecular complexity index is 218. The van der Waals surface area contributed by atoms with Gasteiger partial charge >= 0.3 is 0 Å². The fourth-order valence-corrected chi connectivity index (χ4v) is 3.21. The first-order chi connectivity index (χ1) is 6.40. The van der Waals surface area contributed by atoms with Crippen LogP contribution >= 0.6 is 0 Å². The van der Waals surface area contributed by atoms with Crippen LogP contribution in [0.3, 0.4) is 0 Å². The number of hydrogen-bond acceptors (Lipinski definition) is 0. The molecule has 0 saturated heterocycles. The minimum Gasteiger partial charge on any atom is -0.106 e. The highest BCUT2D eigenvalue weighted by Crippen LogP contribution is 2.42. The maximum atomic E-state index is 3.37. The van der Waals surface area contributed by atoms with Crippen LogP contribution in [0.4, 0.5) is 0 Å². The molecule has 2 rings (SSSR count). The van der Waals surface area contributed by atoms with Crippen molar-refractivity contribution in [3.63, 3.8) is 0 Å². The minimum atomic E-state index is 0.740. The molecule has 2 aliphatic carbocycles. The first-order valence-corrected chi connectivity index (χ1v) is 5.82. The van der Waals surface area contributed by atoms with Gasteiger partial charge in [0.1, 0.15) is 0 Å². The topological polar surface area (TPSA) is 0 Å². The van der Waals surface area contributed by atoms with E-state index in [0.717, 1.165) is 17.8 Å². The lowest BCUT2D eigenvalue weighted by atomic mass is 9.68. The van der Waals surface area contributed by atoms with E-state index in [0.29, 0.717) is 0 Å². The summed E-state index contributed by atoms with van der Waals surface area (Å²) in [4.78, 5) is 0. The summed E-state index contributed by atoms with van der Waals surface area (Å²) in [7, 11) is 0. The number of rotatable bonds is 0. The van der Waals surface area contributed by atoms with Crippen molar-refractivity contribution in [2.45, 2.75) is 51.9 Å². The lowest BCUT2D eigenvalue weighted by Crippen LogP contribution is -2.27. The van der Waals surface area contributed by atoms with Gasteiger partial charge in [0.2, 0.25) is 0 Å². The summed E-state index contributed by atoms with van der Waals surface area (Å²) in [5.41, 5.74) is 0. The molecule has 0 aromatic heterocycles. The molecule has 2 saturated carbocycles. The van der Waals surface area contributed by atoms with Crippen molar-refractivity contribution in [1.82, 2.24) is 0 Å². The standard InChI is InChI=1S/C13H20/c1-2-5-11-8-9-12-6-3-4-7-13(12)10-11/h11-13H,3-4,6-10H2,1H3. The Morgan fingerprint density at radius 1 is 0.923 bits per heavy atom. The third-order valence-electron chi connectivity index (χ3n) is 3.89. The Balaban J connectivity index is 1.93.